The molecule has 0 aliphatic rings. The normalized spacial score (nSPS) is 11.3. The maximum absolute atomic E-state index is 12.1. The largest absolute Gasteiger partial charge is 0.347 e. The third kappa shape index (κ3) is 6.85. The topological polar surface area (TPSA) is 104 Å². The number of sulfonamides is 1. The second kappa shape index (κ2) is 9.87. The predicted octanol–water partition coefficient (Wildman–Crippen LogP) is 2.63. The van der Waals surface area contributed by atoms with E-state index in [1.54, 1.807) is 51.1 Å². The molecule has 2 amide bonds. The van der Waals surface area contributed by atoms with E-state index in [2.05, 4.69) is 15.4 Å². The molecule has 0 fully saturated rings. The predicted molar refractivity (Wildman–Crippen MR) is 113 cm³/mol. The summed E-state index contributed by atoms with van der Waals surface area (Å²) in [6.07, 6.45) is 0.452. The smallest absolute Gasteiger partial charge is 0.313 e. The summed E-state index contributed by atoms with van der Waals surface area (Å²) in [5.41, 5.74) is 2.10. The van der Waals surface area contributed by atoms with E-state index in [0.717, 1.165) is 11.1 Å². The Morgan fingerprint density at radius 1 is 1.03 bits per heavy atom. The van der Waals surface area contributed by atoms with Gasteiger partial charge in [0.15, 0.2) is 0 Å². The number of carbonyl (C=O) groups excluding carboxylic acids is 2. The van der Waals surface area contributed by atoms with E-state index >= 15 is 0 Å². The van der Waals surface area contributed by atoms with Gasteiger partial charge in [-0.1, -0.05) is 29.8 Å². The van der Waals surface area contributed by atoms with Gasteiger partial charge in [0.25, 0.3) is 0 Å². The highest BCUT2D eigenvalue weighted by atomic mass is 35.5. The molecule has 2 aromatic rings. The van der Waals surface area contributed by atoms with Gasteiger partial charge >= 0.3 is 11.8 Å². The van der Waals surface area contributed by atoms with Crippen LogP contribution in [0.3, 0.4) is 0 Å². The van der Waals surface area contributed by atoms with Crippen molar-refractivity contribution in [2.45, 2.75) is 38.1 Å². The van der Waals surface area contributed by atoms with Crippen LogP contribution < -0.4 is 15.4 Å². The van der Waals surface area contributed by atoms with Crippen molar-refractivity contribution in [3.8, 4) is 0 Å². The van der Waals surface area contributed by atoms with Crippen LogP contribution in [0.15, 0.2) is 47.4 Å². The molecule has 0 saturated carbocycles. The number of halogens is 1. The molecule has 2 rings (SSSR count). The average Bonchev–Trinajstić information content (AvgIpc) is 2.64. The van der Waals surface area contributed by atoms with Gasteiger partial charge in [0.2, 0.25) is 10.0 Å². The van der Waals surface area contributed by atoms with Gasteiger partial charge in [-0.25, -0.2) is 13.1 Å². The summed E-state index contributed by atoms with van der Waals surface area (Å²) in [6.45, 7) is 5.53. The Labute approximate surface area is 175 Å². The van der Waals surface area contributed by atoms with Gasteiger partial charge in [0.1, 0.15) is 0 Å². The fourth-order valence-corrected chi connectivity index (χ4v) is 3.95. The minimum atomic E-state index is -3.54. The third-order valence-electron chi connectivity index (χ3n) is 3.98. The quantitative estimate of drug-likeness (QED) is 0.579. The highest BCUT2D eigenvalue weighted by Gasteiger charge is 2.16. The van der Waals surface area contributed by atoms with Gasteiger partial charge in [-0.05, 0) is 62.6 Å². The monoisotopic (exact) mass is 437 g/mol. The molecule has 7 nitrogen and oxygen atoms in total. The molecule has 0 aromatic heterocycles. The van der Waals surface area contributed by atoms with Crippen molar-refractivity contribution < 1.29 is 18.0 Å². The first-order chi connectivity index (χ1) is 13.6. The Morgan fingerprint density at radius 2 is 1.69 bits per heavy atom. The summed E-state index contributed by atoms with van der Waals surface area (Å²) in [4.78, 5) is 24.2. The Hall–Kier alpha value is -2.42. The molecular weight excluding hydrogens is 414 g/mol. The molecule has 29 heavy (non-hydrogen) atoms. The van der Waals surface area contributed by atoms with Crippen LogP contribution in [0.1, 0.15) is 25.0 Å². The van der Waals surface area contributed by atoms with E-state index in [4.69, 9.17) is 11.6 Å². The van der Waals surface area contributed by atoms with Crippen LogP contribution in [-0.4, -0.2) is 32.8 Å². The SMILES string of the molecule is Cc1ccc(Cl)cc1NC(=O)C(=O)NCCc1ccc(S(=O)(=O)NC(C)C)cc1. The molecule has 156 valence electrons. The lowest BCUT2D eigenvalue weighted by molar-refractivity contribution is -0.136. The van der Waals surface area contributed by atoms with Crippen molar-refractivity contribution in [1.82, 2.24) is 10.0 Å². The van der Waals surface area contributed by atoms with E-state index in [-0.39, 0.29) is 17.5 Å². The number of anilines is 1. The zero-order valence-electron chi connectivity index (χ0n) is 16.5. The average molecular weight is 438 g/mol. The number of benzene rings is 2. The highest BCUT2D eigenvalue weighted by molar-refractivity contribution is 7.89. The summed E-state index contributed by atoms with van der Waals surface area (Å²) in [5, 5.41) is 5.53. The first-order valence-electron chi connectivity index (χ1n) is 9.05. The molecule has 0 atom stereocenters. The van der Waals surface area contributed by atoms with Crippen molar-refractivity contribution in [2.75, 3.05) is 11.9 Å². The molecule has 0 radical (unpaired) electrons. The van der Waals surface area contributed by atoms with Gasteiger partial charge < -0.3 is 10.6 Å². The Morgan fingerprint density at radius 3 is 2.31 bits per heavy atom. The van der Waals surface area contributed by atoms with Crippen LogP contribution in [0.4, 0.5) is 5.69 Å². The first kappa shape index (κ1) is 22.9. The molecule has 0 aliphatic heterocycles. The highest BCUT2D eigenvalue weighted by Crippen LogP contribution is 2.20. The van der Waals surface area contributed by atoms with Crippen LogP contribution in [0.5, 0.6) is 0 Å². The molecule has 2 aromatic carbocycles. The fourth-order valence-electron chi connectivity index (χ4n) is 2.52. The summed E-state index contributed by atoms with van der Waals surface area (Å²) in [6, 6.07) is 11.2. The lowest BCUT2D eigenvalue weighted by atomic mass is 10.1. The summed E-state index contributed by atoms with van der Waals surface area (Å²) >= 11 is 5.90. The standard InChI is InChI=1S/C20H24ClN3O4S/c1-13(2)24-29(27,28)17-8-5-15(6-9-17)10-11-22-19(25)20(26)23-18-12-16(21)7-4-14(18)3/h4-9,12-13,24H,10-11H2,1-3H3,(H,22,25)(H,23,26). The van der Waals surface area contributed by atoms with Gasteiger partial charge in [0, 0.05) is 23.3 Å². The molecule has 9 heteroatoms. The van der Waals surface area contributed by atoms with Crippen molar-refractivity contribution in [3.63, 3.8) is 0 Å². The van der Waals surface area contributed by atoms with Gasteiger partial charge in [-0.2, -0.15) is 0 Å². The Kier molecular flexibility index (Phi) is 7.78. The second-order valence-corrected chi connectivity index (χ2v) is 8.99. The zero-order chi connectivity index (χ0) is 21.6. The molecule has 0 bridgehead atoms. The maximum Gasteiger partial charge on any atom is 0.313 e. The fraction of sp³-hybridized carbons (Fsp3) is 0.300. The summed E-state index contributed by atoms with van der Waals surface area (Å²) < 4.78 is 26.7. The number of nitrogens with one attached hydrogen (secondary N) is 3. The number of carbonyl (C=O) groups is 2. The van der Waals surface area contributed by atoms with Gasteiger partial charge in [0.05, 0.1) is 4.90 Å². The minimum absolute atomic E-state index is 0.176. The van der Waals surface area contributed by atoms with Crippen LogP contribution in [-0.2, 0) is 26.0 Å². The van der Waals surface area contributed by atoms with Crippen LogP contribution in [0.25, 0.3) is 0 Å². The van der Waals surface area contributed by atoms with Gasteiger partial charge in [-0.3, -0.25) is 9.59 Å². The van der Waals surface area contributed by atoms with E-state index in [9.17, 15) is 18.0 Å². The third-order valence-corrected chi connectivity index (χ3v) is 5.89. The molecule has 0 spiro atoms. The minimum Gasteiger partial charge on any atom is -0.347 e. The van der Waals surface area contributed by atoms with E-state index < -0.39 is 21.8 Å². The van der Waals surface area contributed by atoms with E-state index in [1.807, 2.05) is 0 Å². The van der Waals surface area contributed by atoms with Crippen LogP contribution in [0.2, 0.25) is 5.02 Å². The van der Waals surface area contributed by atoms with Crippen LogP contribution in [0, 0.1) is 6.92 Å². The second-order valence-electron chi connectivity index (χ2n) is 6.84. The van der Waals surface area contributed by atoms with Gasteiger partial charge in [-0.15, -0.1) is 0 Å². The van der Waals surface area contributed by atoms with Crippen molar-refractivity contribution in [2.24, 2.45) is 0 Å². The summed E-state index contributed by atoms with van der Waals surface area (Å²) in [5.74, 6) is -1.54. The maximum atomic E-state index is 12.1. The molecule has 0 heterocycles. The van der Waals surface area contributed by atoms with E-state index in [0.29, 0.717) is 17.1 Å². The lowest BCUT2D eigenvalue weighted by Crippen LogP contribution is -2.36. The summed E-state index contributed by atoms with van der Waals surface area (Å²) in [7, 11) is -3.54. The number of amides is 2. The first-order valence-corrected chi connectivity index (χ1v) is 10.9. The van der Waals surface area contributed by atoms with Crippen LogP contribution >= 0.6 is 11.6 Å². The molecular formula is C20H24ClN3O4S. The number of rotatable bonds is 7. The Balaban J connectivity index is 1.87. The molecule has 0 saturated heterocycles. The van der Waals surface area contributed by atoms with Crippen molar-refractivity contribution in [3.05, 3.63) is 58.6 Å². The zero-order valence-corrected chi connectivity index (χ0v) is 18.0. The van der Waals surface area contributed by atoms with Crippen molar-refractivity contribution in [1.29, 1.82) is 0 Å². The number of aryl methyl sites for hydroxylation is 1. The molecule has 0 unspecified atom stereocenters. The molecule has 3 N–H and O–H groups in total. The lowest BCUT2D eigenvalue weighted by Gasteiger charge is -2.11. The Bertz CT molecular complexity index is 989. The number of hydrogen-bond acceptors (Lipinski definition) is 4. The number of hydrogen-bond donors (Lipinski definition) is 3. The van der Waals surface area contributed by atoms with Crippen molar-refractivity contribution >= 4 is 39.1 Å². The molecule has 0 aliphatic carbocycles. The van der Waals surface area contributed by atoms with E-state index in [1.165, 1.54) is 12.1 Å².